The van der Waals surface area contributed by atoms with Gasteiger partial charge in [0.25, 0.3) is 5.91 Å². The molecule has 120 valence electrons. The van der Waals surface area contributed by atoms with Crippen LogP contribution in [0.15, 0.2) is 19.0 Å². The molecule has 0 radical (unpaired) electrons. The van der Waals surface area contributed by atoms with Gasteiger partial charge in [0.1, 0.15) is 17.0 Å². The van der Waals surface area contributed by atoms with Gasteiger partial charge in [0, 0.05) is 19.1 Å². The number of carbonyl (C=O) groups is 1. The molecule has 2 fully saturated rings. The van der Waals surface area contributed by atoms with Gasteiger partial charge in [-0.3, -0.25) is 4.79 Å². The summed E-state index contributed by atoms with van der Waals surface area (Å²) in [5, 5.41) is 4.20. The van der Waals surface area contributed by atoms with Crippen LogP contribution in [0, 0.1) is 12.8 Å². The van der Waals surface area contributed by atoms with Gasteiger partial charge in [-0.2, -0.15) is 0 Å². The van der Waals surface area contributed by atoms with Gasteiger partial charge in [-0.05, 0) is 37.7 Å². The monoisotopic (exact) mass is 328 g/mol. The lowest BCUT2D eigenvalue weighted by molar-refractivity contribution is 0.0708. The summed E-state index contributed by atoms with van der Waals surface area (Å²) in [7, 11) is 0. The van der Waals surface area contributed by atoms with Gasteiger partial charge in [-0.1, -0.05) is 6.08 Å². The number of thiophene rings is 1. The lowest BCUT2D eigenvalue weighted by atomic mass is 10.1. The summed E-state index contributed by atoms with van der Waals surface area (Å²) in [5.74, 6) is 1.67. The van der Waals surface area contributed by atoms with Crippen LogP contribution < -0.4 is 5.32 Å². The molecule has 2 atom stereocenters. The van der Waals surface area contributed by atoms with Crippen molar-refractivity contribution in [1.29, 1.82) is 0 Å². The first kappa shape index (κ1) is 14.6. The van der Waals surface area contributed by atoms with Crippen molar-refractivity contribution in [2.45, 2.75) is 32.2 Å². The van der Waals surface area contributed by atoms with E-state index in [1.807, 2.05) is 6.92 Å². The highest BCUT2D eigenvalue weighted by atomic mass is 32.1. The molecule has 1 aliphatic carbocycles. The lowest BCUT2D eigenvalue weighted by Gasteiger charge is -2.26. The topological polar surface area (TPSA) is 58.1 Å². The molecule has 0 unspecified atom stereocenters. The molecule has 0 spiro atoms. The molecule has 0 aromatic carbocycles. The maximum Gasteiger partial charge on any atom is 0.264 e. The molecule has 1 saturated heterocycles. The molecule has 4 rings (SSSR count). The van der Waals surface area contributed by atoms with E-state index in [1.54, 1.807) is 12.4 Å². The lowest BCUT2D eigenvalue weighted by Crippen LogP contribution is -2.37. The van der Waals surface area contributed by atoms with E-state index in [2.05, 4.69) is 26.8 Å². The molecule has 1 saturated carbocycles. The Bertz CT molecular complexity index is 784. The van der Waals surface area contributed by atoms with Crippen LogP contribution in [-0.2, 0) is 0 Å². The number of nitrogens with one attached hydrogen (secondary N) is 1. The summed E-state index contributed by atoms with van der Waals surface area (Å²) in [6.45, 7) is 7.29. The van der Waals surface area contributed by atoms with E-state index in [0.29, 0.717) is 18.5 Å². The number of hydrogen-bond donors (Lipinski definition) is 1. The summed E-state index contributed by atoms with van der Waals surface area (Å²) >= 11 is 1.49. The third kappa shape index (κ3) is 2.32. The predicted molar refractivity (Wildman–Crippen MR) is 93.0 cm³/mol. The van der Waals surface area contributed by atoms with Gasteiger partial charge in [0.2, 0.25) is 0 Å². The summed E-state index contributed by atoms with van der Waals surface area (Å²) in [4.78, 5) is 25.5. The first-order valence-corrected chi connectivity index (χ1v) is 8.90. The van der Waals surface area contributed by atoms with Crippen LogP contribution in [0.1, 0.15) is 34.5 Å². The van der Waals surface area contributed by atoms with E-state index in [-0.39, 0.29) is 5.91 Å². The van der Waals surface area contributed by atoms with Gasteiger partial charge in [-0.25, -0.2) is 9.97 Å². The van der Waals surface area contributed by atoms with Crippen molar-refractivity contribution in [3.63, 3.8) is 0 Å². The van der Waals surface area contributed by atoms with E-state index >= 15 is 0 Å². The molecule has 5 nitrogen and oxygen atoms in total. The highest BCUT2D eigenvalue weighted by Gasteiger charge is 2.41. The molecular formula is C17H20N4OS. The van der Waals surface area contributed by atoms with Crippen LogP contribution in [0.4, 0.5) is 5.82 Å². The molecule has 1 aliphatic heterocycles. The molecule has 1 amide bonds. The van der Waals surface area contributed by atoms with Gasteiger partial charge < -0.3 is 10.2 Å². The van der Waals surface area contributed by atoms with E-state index in [9.17, 15) is 4.79 Å². The van der Waals surface area contributed by atoms with Crippen LogP contribution in [0.5, 0.6) is 0 Å². The average molecular weight is 328 g/mol. The fraction of sp³-hybridized carbons (Fsp3) is 0.471. The van der Waals surface area contributed by atoms with Crippen molar-refractivity contribution in [3.8, 4) is 0 Å². The molecule has 2 aromatic heterocycles. The summed E-state index contributed by atoms with van der Waals surface area (Å²) in [6.07, 6.45) is 6.97. The maximum atomic E-state index is 13.0. The second kappa shape index (κ2) is 5.60. The van der Waals surface area contributed by atoms with E-state index in [4.69, 9.17) is 0 Å². The zero-order valence-corrected chi connectivity index (χ0v) is 14.0. The number of fused-ring (bicyclic) bond motifs is 3. The van der Waals surface area contributed by atoms with Gasteiger partial charge in [0.15, 0.2) is 0 Å². The Labute approximate surface area is 139 Å². The minimum atomic E-state index is 0.173. The van der Waals surface area contributed by atoms with Gasteiger partial charge in [0.05, 0.1) is 10.3 Å². The summed E-state index contributed by atoms with van der Waals surface area (Å²) in [5.41, 5.74) is 0.991. The number of hydrogen-bond acceptors (Lipinski definition) is 5. The second-order valence-electron chi connectivity index (χ2n) is 6.42. The minimum absolute atomic E-state index is 0.173. The first-order valence-electron chi connectivity index (χ1n) is 8.09. The molecular weight excluding hydrogens is 308 g/mol. The molecule has 2 aromatic rings. The number of amides is 1. The number of nitrogens with zero attached hydrogens (tertiary/aromatic N) is 3. The van der Waals surface area contributed by atoms with Crippen LogP contribution in [0.25, 0.3) is 10.2 Å². The SMILES string of the molecule is C=CCNc1ncnc2sc(C(=O)N3C[C@@H]4CC[C@H]3C4)c(C)c12. The van der Waals surface area contributed by atoms with Crippen molar-refractivity contribution in [2.75, 3.05) is 18.4 Å². The van der Waals surface area contributed by atoms with Gasteiger partial charge >= 0.3 is 0 Å². The van der Waals surface area contributed by atoms with Crippen LogP contribution >= 0.6 is 11.3 Å². The quantitative estimate of drug-likeness (QED) is 0.876. The Morgan fingerprint density at radius 3 is 3.09 bits per heavy atom. The molecule has 2 bridgehead atoms. The highest BCUT2D eigenvalue weighted by Crippen LogP contribution is 2.40. The zero-order valence-electron chi connectivity index (χ0n) is 13.2. The number of piperidine rings is 1. The summed E-state index contributed by atoms with van der Waals surface area (Å²) < 4.78 is 0. The normalized spacial score (nSPS) is 22.7. The standard InChI is InChI=1S/C17H20N4OS/c1-3-6-18-15-13-10(2)14(23-16(13)20-9-19-15)17(22)21-8-11-4-5-12(21)7-11/h3,9,11-12H,1,4-8H2,2H3,(H,18,19,20)/t11-,12+/m1/s1. The Hall–Kier alpha value is -1.95. The number of aromatic nitrogens is 2. The minimum Gasteiger partial charge on any atom is -0.366 e. The Kier molecular flexibility index (Phi) is 3.56. The third-order valence-electron chi connectivity index (χ3n) is 5.00. The number of carbonyl (C=O) groups excluding carboxylic acids is 1. The van der Waals surface area contributed by atoms with E-state index < -0.39 is 0 Å². The van der Waals surface area contributed by atoms with E-state index in [1.165, 1.54) is 24.2 Å². The summed E-state index contributed by atoms with van der Waals surface area (Å²) in [6, 6.07) is 0.446. The molecule has 23 heavy (non-hydrogen) atoms. The number of aryl methyl sites for hydroxylation is 1. The predicted octanol–water partition coefficient (Wildman–Crippen LogP) is 3.22. The van der Waals surface area contributed by atoms with Crippen LogP contribution in [0.3, 0.4) is 0 Å². The highest BCUT2D eigenvalue weighted by molar-refractivity contribution is 7.20. The number of anilines is 1. The zero-order chi connectivity index (χ0) is 16.0. The average Bonchev–Trinajstić information content (AvgIpc) is 3.27. The molecule has 3 heterocycles. The molecule has 1 N–H and O–H groups in total. The van der Waals surface area contributed by atoms with Crippen LogP contribution in [-0.4, -0.2) is 39.9 Å². The van der Waals surface area contributed by atoms with Gasteiger partial charge in [-0.15, -0.1) is 17.9 Å². The Balaban J connectivity index is 1.71. The maximum absolute atomic E-state index is 13.0. The molecule has 2 aliphatic rings. The van der Waals surface area contributed by atoms with Crippen LogP contribution in [0.2, 0.25) is 0 Å². The Morgan fingerprint density at radius 2 is 2.39 bits per heavy atom. The number of likely N-dealkylation sites (tertiary alicyclic amines) is 1. The van der Waals surface area contributed by atoms with Crippen molar-refractivity contribution in [3.05, 3.63) is 29.4 Å². The van der Waals surface area contributed by atoms with Crippen molar-refractivity contribution >= 4 is 33.3 Å². The smallest absolute Gasteiger partial charge is 0.264 e. The fourth-order valence-electron chi connectivity index (χ4n) is 3.88. The van der Waals surface area contributed by atoms with Crippen molar-refractivity contribution < 1.29 is 4.79 Å². The largest absolute Gasteiger partial charge is 0.366 e. The van der Waals surface area contributed by atoms with Crippen molar-refractivity contribution in [1.82, 2.24) is 14.9 Å². The second-order valence-corrected chi connectivity index (χ2v) is 7.42. The van der Waals surface area contributed by atoms with E-state index in [0.717, 1.165) is 39.4 Å². The third-order valence-corrected chi connectivity index (χ3v) is 6.19. The first-order chi connectivity index (χ1) is 11.2. The Morgan fingerprint density at radius 1 is 1.52 bits per heavy atom. The van der Waals surface area contributed by atoms with Crippen molar-refractivity contribution in [2.24, 2.45) is 5.92 Å². The number of rotatable bonds is 4. The fourth-order valence-corrected chi connectivity index (χ4v) is 4.99. The molecule has 6 heteroatoms.